The number of piperazine rings is 1. The number of amides is 4. The van der Waals surface area contributed by atoms with Crippen molar-refractivity contribution in [2.45, 2.75) is 53.6 Å². The zero-order valence-corrected chi connectivity index (χ0v) is 24.3. The van der Waals surface area contributed by atoms with Gasteiger partial charge in [0, 0.05) is 55.9 Å². The fourth-order valence-corrected chi connectivity index (χ4v) is 4.21. The summed E-state index contributed by atoms with van der Waals surface area (Å²) in [6, 6.07) is 12.5. The number of benzene rings is 2. The van der Waals surface area contributed by atoms with E-state index in [9.17, 15) is 14.4 Å². The lowest BCUT2D eigenvalue weighted by Crippen LogP contribution is -2.48. The monoisotopic (exact) mass is 537 g/mol. The summed E-state index contributed by atoms with van der Waals surface area (Å²) in [7, 11) is 1.52. The molecule has 1 fully saturated rings. The number of hydrogen-bond acceptors (Lipinski definition) is 5. The normalized spacial score (nSPS) is 14.5. The average molecular weight is 538 g/mol. The summed E-state index contributed by atoms with van der Waals surface area (Å²) in [5.74, 6) is 0.278. The highest BCUT2D eigenvalue weighted by atomic mass is 16.5. The van der Waals surface area contributed by atoms with Gasteiger partial charge in [-0.1, -0.05) is 32.9 Å². The molecule has 9 nitrogen and oxygen atoms in total. The lowest BCUT2D eigenvalue weighted by molar-refractivity contribution is 0.0627. The summed E-state index contributed by atoms with van der Waals surface area (Å²) in [6.07, 6.45) is 0. The fraction of sp³-hybridized carbons (Fsp3) is 0.500. The highest BCUT2D eigenvalue weighted by Crippen LogP contribution is 2.26. The van der Waals surface area contributed by atoms with Crippen LogP contribution in [0.25, 0.3) is 0 Å². The first-order chi connectivity index (χ1) is 18.2. The molecular formula is C30H43N5O4. The minimum atomic E-state index is -0.321. The number of hydrogen-bond donors (Lipinski definition) is 3. The zero-order chi connectivity index (χ0) is 28.8. The smallest absolute Gasteiger partial charge is 0.319 e. The van der Waals surface area contributed by atoms with Gasteiger partial charge in [0.05, 0.1) is 12.8 Å². The quantitative estimate of drug-likeness (QED) is 0.487. The Morgan fingerprint density at radius 1 is 0.897 bits per heavy atom. The molecule has 212 valence electrons. The second-order valence-electron chi connectivity index (χ2n) is 12.3. The summed E-state index contributed by atoms with van der Waals surface area (Å²) >= 11 is 0. The van der Waals surface area contributed by atoms with Gasteiger partial charge in [-0.3, -0.25) is 14.5 Å². The number of carbonyl (C=O) groups is 3. The van der Waals surface area contributed by atoms with Gasteiger partial charge in [0.15, 0.2) is 0 Å². The van der Waals surface area contributed by atoms with E-state index >= 15 is 0 Å². The molecule has 1 aliphatic rings. The standard InChI is InChI=1S/C30H43N5O4/c1-29(2,3)20-31-28(38)32-24-12-11-23(18-25(24)39-7)27(37)35-15-13-34(14-16-35)19-21-9-8-10-22(17-21)26(36)33-30(4,5)6/h8-12,17-18H,13-16,19-20H2,1-7H3,(H,33,36)(H2,31,32,38). The number of carbonyl (C=O) groups excluding carboxylic acids is 3. The summed E-state index contributed by atoms with van der Waals surface area (Å²) in [4.78, 5) is 42.2. The number of ether oxygens (including phenoxy) is 1. The first kappa shape index (κ1) is 30.0. The number of anilines is 1. The molecule has 39 heavy (non-hydrogen) atoms. The van der Waals surface area contributed by atoms with Gasteiger partial charge < -0.3 is 25.6 Å². The molecule has 0 unspecified atom stereocenters. The Morgan fingerprint density at radius 2 is 1.59 bits per heavy atom. The molecule has 2 aromatic rings. The number of urea groups is 1. The maximum atomic E-state index is 13.2. The molecule has 0 spiro atoms. The molecule has 3 rings (SSSR count). The minimum absolute atomic E-state index is 0.0334. The molecular weight excluding hydrogens is 494 g/mol. The number of methoxy groups -OCH3 is 1. The van der Waals surface area contributed by atoms with Crippen molar-refractivity contribution in [2.24, 2.45) is 5.41 Å². The Morgan fingerprint density at radius 3 is 2.21 bits per heavy atom. The first-order valence-corrected chi connectivity index (χ1v) is 13.4. The minimum Gasteiger partial charge on any atom is -0.495 e. The van der Waals surface area contributed by atoms with E-state index in [1.54, 1.807) is 18.2 Å². The number of rotatable bonds is 7. The zero-order valence-electron chi connectivity index (χ0n) is 24.3. The van der Waals surface area contributed by atoms with Crippen LogP contribution in [-0.2, 0) is 6.54 Å². The Kier molecular flexibility index (Phi) is 9.61. The average Bonchev–Trinajstić information content (AvgIpc) is 2.86. The Balaban J connectivity index is 1.56. The highest BCUT2D eigenvalue weighted by molar-refractivity contribution is 5.97. The molecule has 0 atom stereocenters. The second kappa shape index (κ2) is 12.5. The number of nitrogens with one attached hydrogen (secondary N) is 3. The molecule has 1 saturated heterocycles. The predicted octanol–water partition coefficient (Wildman–Crippen LogP) is 4.35. The van der Waals surface area contributed by atoms with Crippen LogP contribution in [0.1, 0.15) is 67.8 Å². The molecule has 1 heterocycles. The van der Waals surface area contributed by atoms with Crippen molar-refractivity contribution in [3.63, 3.8) is 0 Å². The SMILES string of the molecule is COc1cc(C(=O)N2CCN(Cc3cccc(C(=O)NC(C)(C)C)c3)CC2)ccc1NC(=O)NCC(C)(C)C. The molecule has 9 heteroatoms. The van der Waals surface area contributed by atoms with Crippen LogP contribution < -0.4 is 20.7 Å². The molecule has 1 aliphatic heterocycles. The van der Waals surface area contributed by atoms with Crippen LogP contribution in [0, 0.1) is 5.41 Å². The maximum Gasteiger partial charge on any atom is 0.319 e. The molecule has 0 aliphatic carbocycles. The predicted molar refractivity (Wildman–Crippen MR) is 154 cm³/mol. The highest BCUT2D eigenvalue weighted by Gasteiger charge is 2.24. The molecule has 0 radical (unpaired) electrons. The molecule has 0 bridgehead atoms. The Bertz CT molecular complexity index is 1170. The van der Waals surface area contributed by atoms with E-state index in [0.717, 1.165) is 18.7 Å². The van der Waals surface area contributed by atoms with Gasteiger partial charge in [0.1, 0.15) is 5.75 Å². The van der Waals surface area contributed by atoms with Crippen LogP contribution in [0.15, 0.2) is 42.5 Å². The lowest BCUT2D eigenvalue weighted by atomic mass is 9.97. The largest absolute Gasteiger partial charge is 0.495 e. The number of nitrogens with zero attached hydrogens (tertiary/aromatic N) is 2. The van der Waals surface area contributed by atoms with Gasteiger partial charge >= 0.3 is 6.03 Å². The second-order valence-corrected chi connectivity index (χ2v) is 12.3. The van der Waals surface area contributed by atoms with E-state index in [1.165, 1.54) is 7.11 Å². The summed E-state index contributed by atoms with van der Waals surface area (Å²) in [5, 5.41) is 8.65. The van der Waals surface area contributed by atoms with Crippen molar-refractivity contribution >= 4 is 23.5 Å². The summed E-state index contributed by atoms with van der Waals surface area (Å²) < 4.78 is 5.46. The van der Waals surface area contributed by atoms with Gasteiger partial charge in [0.25, 0.3) is 11.8 Å². The fourth-order valence-electron chi connectivity index (χ4n) is 4.21. The van der Waals surface area contributed by atoms with Crippen molar-refractivity contribution in [3.05, 3.63) is 59.2 Å². The Labute approximate surface area is 232 Å². The van der Waals surface area contributed by atoms with Crippen LogP contribution in [-0.4, -0.2) is 73.0 Å². The van der Waals surface area contributed by atoms with Crippen molar-refractivity contribution in [1.82, 2.24) is 20.4 Å². The van der Waals surface area contributed by atoms with E-state index in [2.05, 4.69) is 20.9 Å². The van der Waals surface area contributed by atoms with Crippen molar-refractivity contribution in [1.29, 1.82) is 0 Å². The van der Waals surface area contributed by atoms with E-state index < -0.39 is 0 Å². The third-order valence-corrected chi connectivity index (χ3v) is 6.22. The van der Waals surface area contributed by atoms with Crippen molar-refractivity contribution in [2.75, 3.05) is 45.2 Å². The van der Waals surface area contributed by atoms with Gasteiger partial charge in [-0.15, -0.1) is 0 Å². The van der Waals surface area contributed by atoms with Crippen LogP contribution >= 0.6 is 0 Å². The summed E-state index contributed by atoms with van der Waals surface area (Å²) in [6.45, 7) is 15.9. The van der Waals surface area contributed by atoms with E-state index in [4.69, 9.17) is 4.74 Å². The van der Waals surface area contributed by atoms with Crippen LogP contribution in [0.4, 0.5) is 10.5 Å². The Hall–Kier alpha value is -3.59. The van der Waals surface area contributed by atoms with Crippen LogP contribution in [0.5, 0.6) is 5.75 Å². The molecule has 2 aromatic carbocycles. The molecule has 0 saturated carbocycles. The first-order valence-electron chi connectivity index (χ1n) is 13.4. The van der Waals surface area contributed by atoms with Gasteiger partial charge in [-0.25, -0.2) is 4.79 Å². The summed E-state index contributed by atoms with van der Waals surface area (Å²) in [5.41, 5.74) is 2.40. The van der Waals surface area contributed by atoms with Crippen LogP contribution in [0.2, 0.25) is 0 Å². The third-order valence-electron chi connectivity index (χ3n) is 6.22. The maximum absolute atomic E-state index is 13.2. The lowest BCUT2D eigenvalue weighted by Gasteiger charge is -2.35. The van der Waals surface area contributed by atoms with Crippen molar-refractivity contribution < 1.29 is 19.1 Å². The topological polar surface area (TPSA) is 103 Å². The van der Waals surface area contributed by atoms with E-state index in [1.807, 2.05) is 70.7 Å². The third kappa shape index (κ3) is 9.28. The molecule has 3 N–H and O–H groups in total. The van der Waals surface area contributed by atoms with E-state index in [0.29, 0.717) is 48.7 Å². The van der Waals surface area contributed by atoms with Gasteiger partial charge in [-0.2, -0.15) is 0 Å². The van der Waals surface area contributed by atoms with E-state index in [-0.39, 0.29) is 28.8 Å². The van der Waals surface area contributed by atoms with Gasteiger partial charge in [0.2, 0.25) is 0 Å². The van der Waals surface area contributed by atoms with Crippen LogP contribution in [0.3, 0.4) is 0 Å². The van der Waals surface area contributed by atoms with Gasteiger partial charge in [-0.05, 0) is 62.1 Å². The van der Waals surface area contributed by atoms with Crippen molar-refractivity contribution in [3.8, 4) is 5.75 Å². The molecule has 0 aromatic heterocycles. The molecule has 4 amide bonds.